The minimum absolute atomic E-state index is 0.288. The fourth-order valence-electron chi connectivity index (χ4n) is 2.83. The first kappa shape index (κ1) is 14.5. The highest BCUT2D eigenvalue weighted by Crippen LogP contribution is 2.40. The maximum atomic E-state index is 12.2. The molecule has 112 valence electrons. The van der Waals surface area contributed by atoms with Crippen molar-refractivity contribution in [2.75, 3.05) is 7.11 Å². The Labute approximate surface area is 131 Å². The number of esters is 1. The molecular weight excluding hydrogens is 272 g/mol. The zero-order chi connectivity index (χ0) is 15.7. The highest BCUT2D eigenvalue weighted by Gasteiger charge is 2.20. The van der Waals surface area contributed by atoms with Crippen molar-refractivity contribution in [1.29, 1.82) is 0 Å². The van der Waals surface area contributed by atoms with Crippen LogP contribution in [0.1, 0.15) is 35.7 Å². The molecule has 2 heteroatoms. The second kappa shape index (κ2) is 5.72. The monoisotopic (exact) mass is 291 g/mol. The van der Waals surface area contributed by atoms with E-state index in [1.165, 1.54) is 12.7 Å². The van der Waals surface area contributed by atoms with Gasteiger partial charge in [-0.15, -0.1) is 0 Å². The van der Waals surface area contributed by atoms with Gasteiger partial charge in [0.15, 0.2) is 0 Å². The molecule has 0 aromatic heterocycles. The number of carbonyl (C=O) groups excluding carboxylic acids is 1. The third kappa shape index (κ3) is 2.41. The summed E-state index contributed by atoms with van der Waals surface area (Å²) in [5.74, 6) is 0.113. The summed E-state index contributed by atoms with van der Waals surface area (Å²) in [5.41, 5.74) is 6.07. The Hall–Kier alpha value is -2.48. The van der Waals surface area contributed by atoms with Gasteiger partial charge < -0.3 is 4.74 Å². The van der Waals surface area contributed by atoms with E-state index in [1.54, 1.807) is 0 Å². The van der Waals surface area contributed by atoms with Gasteiger partial charge in [-0.25, -0.2) is 10.9 Å². The second-order valence-electron chi connectivity index (χ2n) is 5.79. The summed E-state index contributed by atoms with van der Waals surface area (Å²) < 4.78 is 4.97. The van der Waals surface area contributed by atoms with Gasteiger partial charge >= 0.3 is 5.97 Å². The Bertz CT molecular complexity index is 767. The van der Waals surface area contributed by atoms with E-state index in [2.05, 4.69) is 50.2 Å². The van der Waals surface area contributed by atoms with Gasteiger partial charge in [0, 0.05) is 0 Å². The topological polar surface area (TPSA) is 26.3 Å². The van der Waals surface area contributed by atoms with Gasteiger partial charge in [0.1, 0.15) is 0 Å². The summed E-state index contributed by atoms with van der Waals surface area (Å²) in [4.78, 5) is 12.2. The van der Waals surface area contributed by atoms with E-state index in [0.717, 1.165) is 22.3 Å². The van der Waals surface area contributed by atoms with Crippen LogP contribution in [-0.2, 0) is 4.74 Å². The van der Waals surface area contributed by atoms with Gasteiger partial charge in [0.05, 0.1) is 12.7 Å². The number of methoxy groups -OCH3 is 1. The molecule has 3 rings (SSSR count). The molecule has 0 N–H and O–H groups in total. The lowest BCUT2D eigenvalue weighted by Gasteiger charge is -2.06. The Morgan fingerprint density at radius 3 is 2.55 bits per heavy atom. The molecule has 0 saturated heterocycles. The van der Waals surface area contributed by atoms with Crippen LogP contribution in [0.25, 0.3) is 22.3 Å². The Morgan fingerprint density at radius 1 is 1.09 bits per heavy atom. The molecule has 2 nitrogen and oxygen atoms in total. The maximum absolute atomic E-state index is 12.2. The molecule has 0 heterocycles. The van der Waals surface area contributed by atoms with E-state index in [1.807, 2.05) is 18.2 Å². The Balaban J connectivity index is 2.28. The predicted octanol–water partition coefficient (Wildman–Crippen LogP) is 5.09. The van der Waals surface area contributed by atoms with Crippen molar-refractivity contribution in [3.05, 3.63) is 65.7 Å². The number of hydrogen-bond acceptors (Lipinski definition) is 2. The summed E-state index contributed by atoms with van der Waals surface area (Å²) in [6, 6.07) is 18.4. The molecule has 0 bridgehead atoms. The Kier molecular flexibility index (Phi) is 3.76. The van der Waals surface area contributed by atoms with Crippen LogP contribution in [0.3, 0.4) is 0 Å². The van der Waals surface area contributed by atoms with E-state index in [-0.39, 0.29) is 5.97 Å². The molecule has 0 radical (unpaired) electrons. The van der Waals surface area contributed by atoms with E-state index >= 15 is 0 Å². The zero-order valence-corrected chi connectivity index (χ0v) is 13.1. The van der Waals surface area contributed by atoms with E-state index in [9.17, 15) is 4.79 Å². The first-order chi connectivity index (χ1) is 10.6. The van der Waals surface area contributed by atoms with E-state index in [4.69, 9.17) is 4.74 Å². The van der Waals surface area contributed by atoms with Crippen molar-refractivity contribution in [3.8, 4) is 22.3 Å². The van der Waals surface area contributed by atoms with Gasteiger partial charge in [-0.3, -0.25) is 0 Å². The SMILES string of the molecule is COC(=O)c1cc(-c2cc[cH-]c2)c2cccc(C(C)C)cc1-2. The van der Waals surface area contributed by atoms with Crippen LogP contribution in [0.4, 0.5) is 0 Å². The highest BCUT2D eigenvalue weighted by molar-refractivity contribution is 6.04. The van der Waals surface area contributed by atoms with E-state index < -0.39 is 0 Å². The smallest absolute Gasteiger partial charge is 0.338 e. The predicted molar refractivity (Wildman–Crippen MR) is 89.5 cm³/mol. The van der Waals surface area contributed by atoms with Crippen LogP contribution in [0, 0.1) is 0 Å². The number of rotatable bonds is 3. The minimum Gasteiger partial charge on any atom is -0.465 e. The molecule has 0 unspecified atom stereocenters. The van der Waals surface area contributed by atoms with E-state index in [0.29, 0.717) is 11.5 Å². The van der Waals surface area contributed by atoms with Gasteiger partial charge in [0.2, 0.25) is 0 Å². The fourth-order valence-corrected chi connectivity index (χ4v) is 2.83. The average Bonchev–Trinajstić information content (AvgIpc) is 3.08. The summed E-state index contributed by atoms with van der Waals surface area (Å²) in [5, 5.41) is 0. The Morgan fingerprint density at radius 2 is 1.91 bits per heavy atom. The lowest BCUT2D eigenvalue weighted by atomic mass is 10.0. The first-order valence-corrected chi connectivity index (χ1v) is 7.49. The van der Waals surface area contributed by atoms with Crippen LogP contribution in [0.15, 0.2) is 54.6 Å². The molecule has 0 amide bonds. The first-order valence-electron chi connectivity index (χ1n) is 7.49. The largest absolute Gasteiger partial charge is 0.465 e. The molecule has 22 heavy (non-hydrogen) atoms. The zero-order valence-electron chi connectivity index (χ0n) is 13.1. The normalized spacial score (nSPS) is 11.1. The van der Waals surface area contributed by atoms with Crippen molar-refractivity contribution in [3.63, 3.8) is 0 Å². The fraction of sp³-hybridized carbons (Fsp3) is 0.200. The third-order valence-electron chi connectivity index (χ3n) is 4.07. The van der Waals surface area contributed by atoms with Crippen molar-refractivity contribution in [1.82, 2.24) is 0 Å². The van der Waals surface area contributed by atoms with Gasteiger partial charge in [0.25, 0.3) is 0 Å². The van der Waals surface area contributed by atoms with Gasteiger partial charge in [-0.05, 0) is 22.6 Å². The van der Waals surface area contributed by atoms with Gasteiger partial charge in [-0.2, -0.15) is 23.8 Å². The molecule has 1 aromatic rings. The molecule has 1 aromatic carbocycles. The molecule has 0 atom stereocenters. The number of ether oxygens (including phenoxy) is 1. The van der Waals surface area contributed by atoms with Crippen molar-refractivity contribution in [2.45, 2.75) is 19.8 Å². The summed E-state index contributed by atoms with van der Waals surface area (Å²) in [6.07, 6.45) is 0. The lowest BCUT2D eigenvalue weighted by molar-refractivity contribution is 0.0602. The number of hydrogen-bond donors (Lipinski definition) is 0. The molecule has 2 aliphatic rings. The van der Waals surface area contributed by atoms with Crippen LogP contribution in [0.2, 0.25) is 0 Å². The highest BCUT2D eigenvalue weighted by atomic mass is 16.5. The van der Waals surface area contributed by atoms with Crippen molar-refractivity contribution in [2.24, 2.45) is 0 Å². The summed E-state index contributed by atoms with van der Waals surface area (Å²) in [7, 11) is 1.43. The quantitative estimate of drug-likeness (QED) is 0.496. The van der Waals surface area contributed by atoms with Crippen molar-refractivity contribution < 1.29 is 9.53 Å². The van der Waals surface area contributed by atoms with Gasteiger partial charge in [-0.1, -0.05) is 49.7 Å². The summed E-state index contributed by atoms with van der Waals surface area (Å²) >= 11 is 0. The molecule has 0 fully saturated rings. The van der Waals surface area contributed by atoms with Crippen molar-refractivity contribution >= 4 is 5.97 Å². The molecule has 0 aliphatic heterocycles. The number of carbonyl (C=O) groups is 1. The molecule has 0 spiro atoms. The van der Waals surface area contributed by atoms with Crippen LogP contribution >= 0.6 is 0 Å². The average molecular weight is 291 g/mol. The second-order valence-corrected chi connectivity index (χ2v) is 5.79. The van der Waals surface area contributed by atoms with Crippen LogP contribution < -0.4 is 0 Å². The third-order valence-corrected chi connectivity index (χ3v) is 4.07. The standard InChI is InChI=1S/C20H19O2/c1-13(2)15-9-6-10-16-17(14-7-4-5-8-14)12-19(18(16)11-15)20(21)22-3/h4-13H,1-3H3/q-1. The van der Waals surface area contributed by atoms with Crippen LogP contribution in [-0.4, -0.2) is 13.1 Å². The maximum Gasteiger partial charge on any atom is 0.338 e. The lowest BCUT2D eigenvalue weighted by Crippen LogP contribution is -2.00. The molecule has 0 saturated carbocycles. The number of fused-ring (bicyclic) bond motifs is 1. The molecular formula is C20H19O2-. The van der Waals surface area contributed by atoms with Crippen LogP contribution in [0.5, 0.6) is 0 Å². The summed E-state index contributed by atoms with van der Waals surface area (Å²) in [6.45, 7) is 4.31. The molecule has 2 aliphatic carbocycles. The minimum atomic E-state index is -0.288.